The molecular weight excluding hydrogens is 675 g/mol. The molecule has 12 rings (SSSR count). The molecule has 0 saturated heterocycles. The van der Waals surface area contributed by atoms with Crippen molar-refractivity contribution < 1.29 is 4.42 Å². The van der Waals surface area contributed by atoms with Crippen molar-refractivity contribution in [2.45, 2.75) is 35.3 Å². The van der Waals surface area contributed by atoms with E-state index in [1.54, 1.807) is 0 Å². The number of thioether (sulfide) groups is 1. The van der Waals surface area contributed by atoms with E-state index in [0.29, 0.717) is 11.2 Å². The summed E-state index contributed by atoms with van der Waals surface area (Å²) in [7, 11) is 0. The fourth-order valence-electron chi connectivity index (χ4n) is 9.68. The number of furan rings is 1. The highest BCUT2D eigenvalue weighted by atomic mass is 32.2. The van der Waals surface area contributed by atoms with Crippen molar-refractivity contribution in [1.29, 1.82) is 0 Å². The first kappa shape index (κ1) is 30.4. The van der Waals surface area contributed by atoms with Gasteiger partial charge in [-0.3, -0.25) is 0 Å². The van der Waals surface area contributed by atoms with Gasteiger partial charge in [0.2, 0.25) is 0 Å². The number of allylic oxidation sites excluding steroid dienone is 3. The van der Waals surface area contributed by atoms with Crippen molar-refractivity contribution in [3.8, 4) is 39.1 Å². The van der Waals surface area contributed by atoms with Crippen molar-refractivity contribution in [1.82, 2.24) is 4.57 Å². The van der Waals surface area contributed by atoms with E-state index < -0.39 is 0 Å². The Labute approximate surface area is 318 Å². The summed E-state index contributed by atoms with van der Waals surface area (Å²) < 4.78 is 8.66. The first-order chi connectivity index (χ1) is 26.5. The first-order valence-corrected chi connectivity index (χ1v) is 19.8. The maximum absolute atomic E-state index is 6.16. The summed E-state index contributed by atoms with van der Waals surface area (Å²) in [5, 5.41) is 5.22. The number of fused-ring (bicyclic) bond motifs is 12. The molecule has 3 heterocycles. The van der Waals surface area contributed by atoms with Gasteiger partial charge in [-0.05, 0) is 105 Å². The van der Waals surface area contributed by atoms with Crippen LogP contribution in [0.25, 0.3) is 82.8 Å². The van der Waals surface area contributed by atoms with Gasteiger partial charge in [-0.1, -0.05) is 123 Å². The van der Waals surface area contributed by atoms with Crippen LogP contribution in [0.4, 0.5) is 0 Å². The molecule has 0 saturated carbocycles. The van der Waals surface area contributed by atoms with E-state index in [4.69, 9.17) is 4.42 Å². The van der Waals surface area contributed by atoms with Gasteiger partial charge in [-0.15, -0.1) is 11.8 Å². The summed E-state index contributed by atoms with van der Waals surface area (Å²) in [5.41, 5.74) is 17.4. The van der Waals surface area contributed by atoms with Gasteiger partial charge in [0.15, 0.2) is 0 Å². The molecule has 0 spiro atoms. The fraction of sp³-hybridized carbons (Fsp3) is 0.0980. The van der Waals surface area contributed by atoms with Crippen LogP contribution in [0.2, 0.25) is 0 Å². The van der Waals surface area contributed by atoms with Crippen LogP contribution >= 0.6 is 11.8 Å². The van der Waals surface area contributed by atoms with Gasteiger partial charge in [-0.2, -0.15) is 0 Å². The van der Waals surface area contributed by atoms with Crippen LogP contribution in [-0.4, -0.2) is 9.82 Å². The highest BCUT2D eigenvalue weighted by molar-refractivity contribution is 8.00. The maximum Gasteiger partial charge on any atom is 0.135 e. The summed E-state index contributed by atoms with van der Waals surface area (Å²) in [5.74, 6) is 0.345. The molecule has 9 aromatic rings. The van der Waals surface area contributed by atoms with E-state index in [1.807, 2.05) is 23.9 Å². The van der Waals surface area contributed by atoms with Crippen LogP contribution in [0, 0.1) is 0 Å². The molecule has 2 aliphatic carbocycles. The number of hydrogen-bond acceptors (Lipinski definition) is 2. The summed E-state index contributed by atoms with van der Waals surface area (Å²) in [6, 6.07) is 51.9. The molecule has 0 N–H and O–H groups in total. The third kappa shape index (κ3) is 4.19. The highest BCUT2D eigenvalue weighted by Crippen LogP contribution is 2.55. The van der Waals surface area contributed by atoms with Crippen molar-refractivity contribution in [3.63, 3.8) is 0 Å². The number of aromatic nitrogens is 1. The van der Waals surface area contributed by atoms with Crippen molar-refractivity contribution in [3.05, 3.63) is 181 Å². The van der Waals surface area contributed by atoms with Gasteiger partial charge >= 0.3 is 0 Å². The minimum atomic E-state index is -0.0604. The molecule has 0 bridgehead atoms. The fourth-order valence-corrected chi connectivity index (χ4v) is 11.1. The largest absolute Gasteiger partial charge is 0.456 e. The van der Waals surface area contributed by atoms with E-state index in [1.165, 1.54) is 82.5 Å². The minimum Gasteiger partial charge on any atom is -0.456 e. The van der Waals surface area contributed by atoms with Gasteiger partial charge < -0.3 is 8.98 Å². The van der Waals surface area contributed by atoms with E-state index >= 15 is 0 Å². The Morgan fingerprint density at radius 3 is 2.17 bits per heavy atom. The van der Waals surface area contributed by atoms with Crippen LogP contribution < -0.4 is 0 Å². The zero-order valence-corrected chi connectivity index (χ0v) is 30.8. The molecule has 2 atom stereocenters. The van der Waals surface area contributed by atoms with E-state index in [0.717, 1.165) is 21.9 Å². The molecule has 2 aromatic heterocycles. The predicted octanol–water partition coefficient (Wildman–Crippen LogP) is 14.0. The van der Waals surface area contributed by atoms with Crippen molar-refractivity contribution in [2.24, 2.45) is 0 Å². The lowest BCUT2D eigenvalue weighted by atomic mass is 9.81. The predicted molar refractivity (Wildman–Crippen MR) is 227 cm³/mol. The van der Waals surface area contributed by atoms with Crippen molar-refractivity contribution in [2.75, 3.05) is 0 Å². The Morgan fingerprint density at radius 1 is 0.537 bits per heavy atom. The smallest absolute Gasteiger partial charge is 0.135 e. The molecule has 2 unspecified atom stereocenters. The number of rotatable bonds is 3. The molecule has 2 nitrogen and oxygen atoms in total. The molecule has 256 valence electrons. The standard InChI is InChI=1S/C51H35NOS/c1-51(2)43-15-7-3-11-34(43)35-22-19-32(27-44(35)51)39-28-33(29-42-38-14-6-10-18-49(38)54-50(39)42)52-45-16-8-4-12-36(45)40-25-30(20-23-46(40)52)31-21-24-48-41(26-31)37-13-5-9-17-47(37)53-48/h3-29,38,49H,1-2H3. The lowest BCUT2D eigenvalue weighted by molar-refractivity contribution is 0.660. The average Bonchev–Trinajstić information content (AvgIpc) is 3.94. The van der Waals surface area contributed by atoms with Gasteiger partial charge in [0.25, 0.3) is 0 Å². The van der Waals surface area contributed by atoms with E-state index in [2.05, 4.69) is 170 Å². The summed E-state index contributed by atoms with van der Waals surface area (Å²) in [6.45, 7) is 4.76. The minimum absolute atomic E-state index is 0.0604. The molecule has 0 amide bonds. The average molecular weight is 710 g/mol. The zero-order chi connectivity index (χ0) is 35.7. The third-order valence-electron chi connectivity index (χ3n) is 12.3. The van der Waals surface area contributed by atoms with Crippen LogP contribution in [0.15, 0.2) is 173 Å². The Morgan fingerprint density at radius 2 is 1.24 bits per heavy atom. The molecule has 54 heavy (non-hydrogen) atoms. The topological polar surface area (TPSA) is 18.1 Å². The molecule has 3 heteroatoms. The van der Waals surface area contributed by atoms with Gasteiger partial charge in [-0.25, -0.2) is 0 Å². The monoisotopic (exact) mass is 709 g/mol. The number of benzene rings is 7. The first-order valence-electron chi connectivity index (χ1n) is 18.9. The summed E-state index contributed by atoms with van der Waals surface area (Å²) in [4.78, 5) is 1.41. The number of para-hydroxylation sites is 2. The van der Waals surface area contributed by atoms with Gasteiger partial charge in [0, 0.05) is 48.7 Å². The molecule has 1 aliphatic heterocycles. The molecule has 0 radical (unpaired) electrons. The van der Waals surface area contributed by atoms with E-state index in [-0.39, 0.29) is 5.41 Å². The maximum atomic E-state index is 6.16. The highest BCUT2D eigenvalue weighted by Gasteiger charge is 2.37. The zero-order valence-electron chi connectivity index (χ0n) is 30.0. The normalized spacial score (nSPS) is 17.7. The second kappa shape index (κ2) is 11.0. The molecule has 7 aromatic carbocycles. The quantitative estimate of drug-likeness (QED) is 0.182. The number of hydrogen-bond donors (Lipinski definition) is 0. The summed E-state index contributed by atoms with van der Waals surface area (Å²) in [6.07, 6.45) is 9.22. The molecular formula is C51H35NOS. The second-order valence-corrected chi connectivity index (χ2v) is 16.8. The van der Waals surface area contributed by atoms with Crippen LogP contribution in [0.5, 0.6) is 0 Å². The van der Waals surface area contributed by atoms with Gasteiger partial charge in [0.1, 0.15) is 11.2 Å². The third-order valence-corrected chi connectivity index (χ3v) is 13.7. The van der Waals surface area contributed by atoms with Crippen LogP contribution in [0.1, 0.15) is 36.5 Å². The van der Waals surface area contributed by atoms with Crippen LogP contribution in [-0.2, 0) is 5.41 Å². The second-order valence-electron chi connectivity index (χ2n) is 15.6. The SMILES string of the molecule is CC1(C)c2ccccc2-c2ccc(-c3cc(-n4c5ccccc5c5cc(-c6ccc7oc8ccccc8c7c6)ccc54)cc4c3SC3C=CC=CC43)cc21. The Hall–Kier alpha value is -6.03. The number of nitrogens with zero attached hydrogens (tertiary/aromatic N) is 1. The van der Waals surface area contributed by atoms with Crippen LogP contribution in [0.3, 0.4) is 0 Å². The molecule has 3 aliphatic rings. The van der Waals surface area contributed by atoms with Crippen molar-refractivity contribution >= 4 is 55.5 Å². The molecule has 0 fully saturated rings. The lowest BCUT2D eigenvalue weighted by Gasteiger charge is -2.22. The Kier molecular flexibility index (Phi) is 6.20. The Bertz CT molecular complexity index is 3130. The Balaban J connectivity index is 1.06. The van der Waals surface area contributed by atoms with E-state index in [9.17, 15) is 0 Å². The van der Waals surface area contributed by atoms with Gasteiger partial charge in [0.05, 0.1) is 11.0 Å². The summed E-state index contributed by atoms with van der Waals surface area (Å²) >= 11 is 2.02. The lowest BCUT2D eigenvalue weighted by Crippen LogP contribution is -2.14.